The Hall–Kier alpha value is -1.12. The largest absolute Gasteiger partial charge is 0.387 e. The van der Waals surface area contributed by atoms with Crippen LogP contribution in [0.15, 0.2) is 30.3 Å². The fraction of sp³-hybridized carbons (Fsp3) is 0.375. The van der Waals surface area contributed by atoms with Gasteiger partial charge in [0.15, 0.2) is 0 Å². The monoisotopic (exact) mass is 258 g/mol. The van der Waals surface area contributed by atoms with E-state index in [2.05, 4.69) is 44.2 Å². The first-order valence-electron chi connectivity index (χ1n) is 6.47. The molecule has 1 unspecified atom stereocenters. The molecule has 1 aromatic carbocycles. The SMILES string of the molecule is Cc1cc(C)c(C(O)C2Cc3ccccc3C2)s1. The second kappa shape index (κ2) is 4.52. The molecular formula is C16H18OS. The Morgan fingerprint density at radius 1 is 1.17 bits per heavy atom. The number of benzene rings is 1. The van der Waals surface area contributed by atoms with Gasteiger partial charge in [0.1, 0.15) is 0 Å². The minimum Gasteiger partial charge on any atom is -0.387 e. The highest BCUT2D eigenvalue weighted by atomic mass is 32.1. The van der Waals surface area contributed by atoms with Gasteiger partial charge in [0, 0.05) is 9.75 Å². The second-order valence-corrected chi connectivity index (χ2v) is 6.57. The molecule has 1 aliphatic rings. The quantitative estimate of drug-likeness (QED) is 0.868. The van der Waals surface area contributed by atoms with Crippen molar-refractivity contribution in [3.63, 3.8) is 0 Å². The van der Waals surface area contributed by atoms with Crippen molar-refractivity contribution in [2.24, 2.45) is 5.92 Å². The lowest BCUT2D eigenvalue weighted by Crippen LogP contribution is -2.12. The molecule has 0 saturated carbocycles. The maximum atomic E-state index is 10.6. The zero-order valence-electron chi connectivity index (χ0n) is 10.8. The molecule has 1 heterocycles. The molecule has 0 amide bonds. The van der Waals surface area contributed by atoms with Crippen LogP contribution in [-0.2, 0) is 12.8 Å². The van der Waals surface area contributed by atoms with Gasteiger partial charge in [-0.25, -0.2) is 0 Å². The van der Waals surface area contributed by atoms with Gasteiger partial charge in [-0.2, -0.15) is 0 Å². The molecule has 0 saturated heterocycles. The average molecular weight is 258 g/mol. The number of fused-ring (bicyclic) bond motifs is 1. The number of hydrogen-bond acceptors (Lipinski definition) is 2. The summed E-state index contributed by atoms with van der Waals surface area (Å²) in [7, 11) is 0. The predicted octanol–water partition coefficient (Wildman–Crippen LogP) is 3.81. The van der Waals surface area contributed by atoms with E-state index >= 15 is 0 Å². The maximum Gasteiger partial charge on any atom is 0.0919 e. The van der Waals surface area contributed by atoms with E-state index in [0.29, 0.717) is 5.92 Å². The summed E-state index contributed by atoms with van der Waals surface area (Å²) in [6, 6.07) is 10.7. The van der Waals surface area contributed by atoms with Crippen LogP contribution in [0.1, 0.15) is 32.5 Å². The van der Waals surface area contributed by atoms with Crippen LogP contribution in [0.25, 0.3) is 0 Å². The zero-order chi connectivity index (χ0) is 12.7. The lowest BCUT2D eigenvalue weighted by molar-refractivity contribution is 0.116. The topological polar surface area (TPSA) is 20.2 Å². The molecule has 1 atom stereocenters. The van der Waals surface area contributed by atoms with Gasteiger partial charge in [-0.3, -0.25) is 0 Å². The fourth-order valence-corrected chi connectivity index (χ4v) is 4.10. The number of hydrogen-bond donors (Lipinski definition) is 1. The summed E-state index contributed by atoms with van der Waals surface area (Å²) in [6.45, 7) is 4.21. The van der Waals surface area contributed by atoms with Gasteiger partial charge in [0.05, 0.1) is 6.10 Å². The molecule has 94 valence electrons. The van der Waals surface area contributed by atoms with Gasteiger partial charge in [0.25, 0.3) is 0 Å². The van der Waals surface area contributed by atoms with Crippen LogP contribution in [-0.4, -0.2) is 5.11 Å². The summed E-state index contributed by atoms with van der Waals surface area (Å²) in [5.74, 6) is 0.346. The molecule has 0 fully saturated rings. The predicted molar refractivity (Wildman–Crippen MR) is 76.1 cm³/mol. The molecule has 0 aliphatic heterocycles. The third-order valence-corrected chi connectivity index (χ3v) is 5.10. The van der Waals surface area contributed by atoms with Crippen LogP contribution >= 0.6 is 11.3 Å². The Kier molecular flexibility index (Phi) is 3.00. The first kappa shape index (κ1) is 11.9. The van der Waals surface area contributed by atoms with Crippen LogP contribution in [0.4, 0.5) is 0 Å². The van der Waals surface area contributed by atoms with Crippen molar-refractivity contribution in [3.8, 4) is 0 Å². The van der Waals surface area contributed by atoms with Crippen molar-refractivity contribution >= 4 is 11.3 Å². The summed E-state index contributed by atoms with van der Waals surface area (Å²) < 4.78 is 0. The van der Waals surface area contributed by atoms with Crippen LogP contribution in [0, 0.1) is 19.8 Å². The van der Waals surface area contributed by atoms with Gasteiger partial charge in [0.2, 0.25) is 0 Å². The van der Waals surface area contributed by atoms with E-state index in [-0.39, 0.29) is 6.10 Å². The minimum atomic E-state index is -0.309. The van der Waals surface area contributed by atoms with Crippen LogP contribution < -0.4 is 0 Å². The molecule has 2 aromatic rings. The first-order valence-corrected chi connectivity index (χ1v) is 7.28. The van der Waals surface area contributed by atoms with Crippen LogP contribution in [0.2, 0.25) is 0 Å². The average Bonchev–Trinajstić information content (AvgIpc) is 2.91. The van der Waals surface area contributed by atoms with Crippen molar-refractivity contribution < 1.29 is 5.11 Å². The second-order valence-electron chi connectivity index (χ2n) is 5.29. The van der Waals surface area contributed by atoms with Crippen molar-refractivity contribution in [1.29, 1.82) is 0 Å². The van der Waals surface area contributed by atoms with Gasteiger partial charge in [-0.1, -0.05) is 24.3 Å². The lowest BCUT2D eigenvalue weighted by atomic mass is 9.96. The molecule has 1 aromatic heterocycles. The Bertz CT molecular complexity index is 545. The Labute approximate surface area is 112 Å². The summed E-state index contributed by atoms with van der Waals surface area (Å²) in [5.41, 5.74) is 4.06. The Morgan fingerprint density at radius 2 is 1.78 bits per heavy atom. The summed E-state index contributed by atoms with van der Waals surface area (Å²) in [4.78, 5) is 2.45. The summed E-state index contributed by atoms with van der Waals surface area (Å²) >= 11 is 1.74. The molecule has 1 N–H and O–H groups in total. The Balaban J connectivity index is 1.84. The molecule has 3 rings (SSSR count). The van der Waals surface area contributed by atoms with E-state index < -0.39 is 0 Å². The lowest BCUT2D eigenvalue weighted by Gasteiger charge is -2.17. The molecule has 0 spiro atoms. The first-order chi connectivity index (χ1) is 8.65. The number of aryl methyl sites for hydroxylation is 2. The number of aliphatic hydroxyl groups excluding tert-OH is 1. The normalized spacial score (nSPS) is 16.8. The van der Waals surface area contributed by atoms with Crippen molar-refractivity contribution in [3.05, 3.63) is 56.8 Å². The maximum absolute atomic E-state index is 10.6. The van der Waals surface area contributed by atoms with E-state index in [1.54, 1.807) is 11.3 Å². The Morgan fingerprint density at radius 3 is 2.28 bits per heavy atom. The van der Waals surface area contributed by atoms with Crippen LogP contribution in [0.5, 0.6) is 0 Å². The molecule has 0 radical (unpaired) electrons. The van der Waals surface area contributed by atoms with E-state index in [4.69, 9.17) is 0 Å². The molecule has 1 aliphatic carbocycles. The van der Waals surface area contributed by atoms with Crippen molar-refractivity contribution in [2.45, 2.75) is 32.8 Å². The summed E-state index contributed by atoms with van der Waals surface area (Å²) in [6.07, 6.45) is 1.71. The fourth-order valence-electron chi connectivity index (χ4n) is 2.98. The third-order valence-electron chi connectivity index (χ3n) is 3.88. The number of aliphatic hydroxyl groups is 1. The van der Waals surface area contributed by atoms with Gasteiger partial charge < -0.3 is 5.11 Å². The number of thiophene rings is 1. The van der Waals surface area contributed by atoms with Crippen LogP contribution in [0.3, 0.4) is 0 Å². The highest BCUT2D eigenvalue weighted by molar-refractivity contribution is 7.12. The van der Waals surface area contributed by atoms with Crippen molar-refractivity contribution in [2.75, 3.05) is 0 Å². The zero-order valence-corrected chi connectivity index (χ0v) is 11.6. The van der Waals surface area contributed by atoms with Crippen molar-refractivity contribution in [1.82, 2.24) is 0 Å². The van der Waals surface area contributed by atoms with E-state index in [1.807, 2.05) is 0 Å². The highest BCUT2D eigenvalue weighted by Gasteiger charge is 2.29. The van der Waals surface area contributed by atoms with Gasteiger partial charge in [-0.05, 0) is 55.4 Å². The van der Waals surface area contributed by atoms with E-state index in [0.717, 1.165) is 17.7 Å². The van der Waals surface area contributed by atoms with E-state index in [9.17, 15) is 5.11 Å². The standard InChI is InChI=1S/C16H18OS/c1-10-7-11(2)18-16(10)15(17)14-8-12-5-3-4-6-13(12)9-14/h3-7,14-15,17H,8-9H2,1-2H3. The minimum absolute atomic E-state index is 0.309. The van der Waals surface area contributed by atoms with E-state index in [1.165, 1.54) is 21.6 Å². The molecule has 18 heavy (non-hydrogen) atoms. The molecule has 0 bridgehead atoms. The number of rotatable bonds is 2. The molecular weight excluding hydrogens is 240 g/mol. The van der Waals surface area contributed by atoms with Gasteiger partial charge in [-0.15, -0.1) is 11.3 Å². The van der Waals surface area contributed by atoms with Gasteiger partial charge >= 0.3 is 0 Å². The molecule has 2 heteroatoms. The summed E-state index contributed by atoms with van der Waals surface area (Å²) in [5, 5.41) is 10.6. The third kappa shape index (κ3) is 2.00. The highest BCUT2D eigenvalue weighted by Crippen LogP contribution is 2.38. The molecule has 1 nitrogen and oxygen atoms in total. The smallest absolute Gasteiger partial charge is 0.0919 e.